The summed E-state index contributed by atoms with van der Waals surface area (Å²) in [6.45, 7) is 5.35. The average Bonchev–Trinajstić information content (AvgIpc) is 2.42. The SMILES string of the molecule is CC(C)(C)OC(=O)CCCC(=O)NCc1ccc(Cl)c(Cl)c1F. The summed E-state index contributed by atoms with van der Waals surface area (Å²) >= 11 is 11.4. The topological polar surface area (TPSA) is 55.4 Å². The highest BCUT2D eigenvalue weighted by atomic mass is 35.5. The lowest BCUT2D eigenvalue weighted by Crippen LogP contribution is -2.25. The molecule has 0 aromatic heterocycles. The molecule has 0 heterocycles. The van der Waals surface area contributed by atoms with Crippen molar-refractivity contribution < 1.29 is 18.7 Å². The van der Waals surface area contributed by atoms with Gasteiger partial charge in [-0.1, -0.05) is 29.3 Å². The summed E-state index contributed by atoms with van der Waals surface area (Å²) in [5.41, 5.74) is -0.287. The number of ether oxygens (including phenoxy) is 1. The third-order valence-corrected chi connectivity index (χ3v) is 3.58. The first kappa shape index (κ1) is 19.7. The molecule has 0 atom stereocenters. The summed E-state index contributed by atoms with van der Waals surface area (Å²) in [5, 5.41) is 2.53. The highest BCUT2D eigenvalue weighted by molar-refractivity contribution is 6.42. The Morgan fingerprint density at radius 2 is 1.87 bits per heavy atom. The largest absolute Gasteiger partial charge is 0.460 e. The molecule has 0 fully saturated rings. The second-order valence-corrected chi connectivity index (χ2v) is 6.84. The maximum Gasteiger partial charge on any atom is 0.306 e. The van der Waals surface area contributed by atoms with Gasteiger partial charge in [0.15, 0.2) is 0 Å². The molecule has 0 bridgehead atoms. The number of amides is 1. The standard InChI is InChI=1S/C16H20Cl2FNO3/c1-16(2,3)23-13(22)6-4-5-12(21)20-9-10-7-8-11(17)14(18)15(10)19/h7-8H,4-6,9H2,1-3H3,(H,20,21). The zero-order valence-electron chi connectivity index (χ0n) is 13.3. The molecule has 1 aromatic rings. The third-order valence-electron chi connectivity index (χ3n) is 2.80. The van der Waals surface area contributed by atoms with E-state index in [1.807, 2.05) is 0 Å². The van der Waals surface area contributed by atoms with Crippen LogP contribution in [0.15, 0.2) is 12.1 Å². The molecule has 1 rings (SSSR count). The lowest BCUT2D eigenvalue weighted by Gasteiger charge is -2.19. The van der Waals surface area contributed by atoms with E-state index in [0.717, 1.165) is 0 Å². The van der Waals surface area contributed by atoms with Gasteiger partial charge in [-0.25, -0.2) is 4.39 Å². The van der Waals surface area contributed by atoms with E-state index in [9.17, 15) is 14.0 Å². The Bertz CT molecular complexity index is 585. The number of nitrogens with one attached hydrogen (secondary N) is 1. The maximum absolute atomic E-state index is 13.8. The zero-order chi connectivity index (χ0) is 17.6. The molecule has 1 N–H and O–H groups in total. The van der Waals surface area contributed by atoms with Crippen LogP contribution < -0.4 is 5.32 Å². The van der Waals surface area contributed by atoms with Crippen molar-refractivity contribution >= 4 is 35.1 Å². The number of esters is 1. The number of benzene rings is 1. The van der Waals surface area contributed by atoms with Gasteiger partial charge in [-0.2, -0.15) is 0 Å². The molecule has 0 radical (unpaired) electrons. The molecule has 0 aliphatic heterocycles. The number of carbonyl (C=O) groups is 2. The van der Waals surface area contributed by atoms with Crippen LogP contribution in [0.4, 0.5) is 4.39 Å². The summed E-state index contributed by atoms with van der Waals surface area (Å²) < 4.78 is 18.9. The molecule has 0 aliphatic rings. The van der Waals surface area contributed by atoms with Crippen molar-refractivity contribution in [2.24, 2.45) is 0 Å². The van der Waals surface area contributed by atoms with Gasteiger partial charge in [-0.3, -0.25) is 9.59 Å². The van der Waals surface area contributed by atoms with Crippen LogP contribution in [0.25, 0.3) is 0 Å². The molecule has 23 heavy (non-hydrogen) atoms. The predicted octanol–water partition coefficient (Wildman–Crippen LogP) is 4.26. The molecule has 0 saturated carbocycles. The van der Waals surface area contributed by atoms with Crippen LogP contribution in [0.1, 0.15) is 45.6 Å². The van der Waals surface area contributed by atoms with Gasteiger partial charge in [-0.05, 0) is 33.3 Å². The first-order chi connectivity index (χ1) is 10.6. The molecule has 0 unspecified atom stereocenters. The van der Waals surface area contributed by atoms with Crippen LogP contribution in [0.5, 0.6) is 0 Å². The van der Waals surface area contributed by atoms with Gasteiger partial charge in [0.05, 0.1) is 10.0 Å². The molecule has 128 valence electrons. The average molecular weight is 364 g/mol. The number of carbonyl (C=O) groups excluding carboxylic acids is 2. The van der Waals surface area contributed by atoms with Crippen LogP contribution in [0.2, 0.25) is 10.0 Å². The summed E-state index contributed by atoms with van der Waals surface area (Å²) in [4.78, 5) is 23.2. The Labute approximate surface area is 145 Å². The van der Waals surface area contributed by atoms with Crippen LogP contribution in [-0.2, 0) is 20.9 Å². The predicted molar refractivity (Wildman–Crippen MR) is 88.0 cm³/mol. The number of halogens is 3. The van der Waals surface area contributed by atoms with Crippen molar-refractivity contribution in [2.75, 3.05) is 0 Å². The maximum atomic E-state index is 13.8. The second kappa shape index (κ2) is 8.50. The van der Waals surface area contributed by atoms with E-state index in [-0.39, 0.29) is 46.9 Å². The van der Waals surface area contributed by atoms with Gasteiger partial charge in [0.1, 0.15) is 11.4 Å². The van der Waals surface area contributed by atoms with Gasteiger partial charge in [-0.15, -0.1) is 0 Å². The summed E-state index contributed by atoms with van der Waals surface area (Å²) in [6, 6.07) is 2.93. The normalized spacial score (nSPS) is 11.2. The Balaban J connectivity index is 2.36. The quantitative estimate of drug-likeness (QED) is 0.606. The fraction of sp³-hybridized carbons (Fsp3) is 0.500. The highest BCUT2D eigenvalue weighted by Gasteiger charge is 2.16. The summed E-state index contributed by atoms with van der Waals surface area (Å²) in [5.74, 6) is -1.27. The molecular weight excluding hydrogens is 344 g/mol. The molecule has 4 nitrogen and oxygen atoms in total. The van der Waals surface area contributed by atoms with Crippen LogP contribution in [0.3, 0.4) is 0 Å². The van der Waals surface area contributed by atoms with E-state index >= 15 is 0 Å². The Kier molecular flexibility index (Phi) is 7.29. The van der Waals surface area contributed by atoms with E-state index in [0.29, 0.717) is 6.42 Å². The molecule has 0 spiro atoms. The van der Waals surface area contributed by atoms with E-state index in [1.165, 1.54) is 12.1 Å². The molecule has 7 heteroatoms. The van der Waals surface area contributed by atoms with Gasteiger partial charge in [0.2, 0.25) is 5.91 Å². The van der Waals surface area contributed by atoms with Gasteiger partial charge < -0.3 is 10.1 Å². The second-order valence-electron chi connectivity index (χ2n) is 6.05. The smallest absolute Gasteiger partial charge is 0.306 e. The molecule has 0 aliphatic carbocycles. The highest BCUT2D eigenvalue weighted by Crippen LogP contribution is 2.27. The number of rotatable bonds is 6. The van der Waals surface area contributed by atoms with Crippen LogP contribution in [0, 0.1) is 5.82 Å². The minimum Gasteiger partial charge on any atom is -0.460 e. The number of hydrogen-bond donors (Lipinski definition) is 1. The first-order valence-electron chi connectivity index (χ1n) is 7.21. The van der Waals surface area contributed by atoms with Gasteiger partial charge in [0, 0.05) is 24.9 Å². The number of hydrogen-bond acceptors (Lipinski definition) is 3. The minimum absolute atomic E-state index is 0.00793. The molecule has 1 aromatic carbocycles. The summed E-state index contributed by atoms with van der Waals surface area (Å²) in [6.07, 6.45) is 0.679. The van der Waals surface area contributed by atoms with Crippen molar-refractivity contribution in [3.8, 4) is 0 Å². The third kappa shape index (κ3) is 7.18. The van der Waals surface area contributed by atoms with Gasteiger partial charge in [0.25, 0.3) is 0 Å². The fourth-order valence-electron chi connectivity index (χ4n) is 1.77. The first-order valence-corrected chi connectivity index (χ1v) is 7.96. The van der Waals surface area contributed by atoms with Crippen LogP contribution >= 0.6 is 23.2 Å². The van der Waals surface area contributed by atoms with Crippen molar-refractivity contribution in [2.45, 2.75) is 52.2 Å². The Hall–Kier alpha value is -1.33. The van der Waals surface area contributed by atoms with Crippen LogP contribution in [-0.4, -0.2) is 17.5 Å². The fourth-order valence-corrected chi connectivity index (χ4v) is 2.10. The van der Waals surface area contributed by atoms with Crippen molar-refractivity contribution in [3.05, 3.63) is 33.6 Å². The molecule has 0 saturated heterocycles. The Morgan fingerprint density at radius 1 is 1.22 bits per heavy atom. The van der Waals surface area contributed by atoms with E-state index < -0.39 is 11.4 Å². The van der Waals surface area contributed by atoms with Crippen molar-refractivity contribution in [3.63, 3.8) is 0 Å². The van der Waals surface area contributed by atoms with E-state index in [1.54, 1.807) is 20.8 Å². The zero-order valence-corrected chi connectivity index (χ0v) is 14.9. The lowest BCUT2D eigenvalue weighted by molar-refractivity contribution is -0.154. The molecular formula is C16H20Cl2FNO3. The minimum atomic E-state index is -0.645. The Morgan fingerprint density at radius 3 is 2.48 bits per heavy atom. The lowest BCUT2D eigenvalue weighted by atomic mass is 10.1. The van der Waals surface area contributed by atoms with E-state index in [4.69, 9.17) is 27.9 Å². The molecule has 1 amide bonds. The summed E-state index contributed by atoms with van der Waals surface area (Å²) in [7, 11) is 0. The van der Waals surface area contributed by atoms with Crippen molar-refractivity contribution in [1.29, 1.82) is 0 Å². The van der Waals surface area contributed by atoms with E-state index in [2.05, 4.69) is 5.32 Å². The van der Waals surface area contributed by atoms with Gasteiger partial charge >= 0.3 is 5.97 Å². The monoisotopic (exact) mass is 363 g/mol. The van der Waals surface area contributed by atoms with Crippen molar-refractivity contribution in [1.82, 2.24) is 5.32 Å².